The Bertz CT molecular complexity index is 382. The van der Waals surface area contributed by atoms with Crippen LogP contribution in [0.15, 0.2) is 18.3 Å². The number of piperidine rings is 1. The maximum absolute atomic E-state index is 9.96. The molecule has 4 heteroatoms. The molecule has 0 atom stereocenters. The van der Waals surface area contributed by atoms with Gasteiger partial charge in [-0.1, -0.05) is 6.92 Å². The highest BCUT2D eigenvalue weighted by atomic mass is 16.3. The van der Waals surface area contributed by atoms with Gasteiger partial charge in [0.1, 0.15) is 5.82 Å². The van der Waals surface area contributed by atoms with E-state index >= 15 is 0 Å². The summed E-state index contributed by atoms with van der Waals surface area (Å²) in [4.78, 5) is 6.63. The summed E-state index contributed by atoms with van der Waals surface area (Å²) < 4.78 is 0. The first-order valence-corrected chi connectivity index (χ1v) is 6.78. The van der Waals surface area contributed by atoms with Crippen molar-refractivity contribution in [3.63, 3.8) is 0 Å². The summed E-state index contributed by atoms with van der Waals surface area (Å²) in [5, 5.41) is 13.3. The molecule has 1 aliphatic rings. The molecule has 18 heavy (non-hydrogen) atoms. The first kappa shape index (κ1) is 13.1. The smallest absolute Gasteiger partial charge is 0.127 e. The van der Waals surface area contributed by atoms with Gasteiger partial charge in [0.2, 0.25) is 0 Å². The number of hydrogen-bond acceptors (Lipinski definition) is 4. The van der Waals surface area contributed by atoms with E-state index in [0.717, 1.165) is 44.7 Å². The van der Waals surface area contributed by atoms with Crippen molar-refractivity contribution in [1.82, 2.24) is 4.98 Å². The van der Waals surface area contributed by atoms with Gasteiger partial charge in [-0.05, 0) is 32.3 Å². The molecule has 0 bridgehead atoms. The van der Waals surface area contributed by atoms with Gasteiger partial charge in [-0.3, -0.25) is 0 Å². The van der Waals surface area contributed by atoms with Crippen LogP contribution in [0.25, 0.3) is 0 Å². The average molecular weight is 249 g/mol. The Labute approximate surface area is 109 Å². The number of nitrogens with zero attached hydrogens (tertiary/aromatic N) is 2. The summed E-state index contributed by atoms with van der Waals surface area (Å²) in [6, 6.07) is 4.13. The summed E-state index contributed by atoms with van der Waals surface area (Å²) in [5.41, 5.74) is 0.700. The zero-order chi connectivity index (χ0) is 13.0. The Morgan fingerprint density at radius 2 is 2.17 bits per heavy atom. The van der Waals surface area contributed by atoms with Crippen molar-refractivity contribution < 1.29 is 5.11 Å². The lowest BCUT2D eigenvalue weighted by atomic mass is 9.93. The molecule has 2 heterocycles. The highest BCUT2D eigenvalue weighted by molar-refractivity contribution is 5.54. The van der Waals surface area contributed by atoms with E-state index in [9.17, 15) is 5.11 Å². The zero-order valence-corrected chi connectivity index (χ0v) is 11.3. The lowest BCUT2D eigenvalue weighted by Gasteiger charge is -2.37. The molecule has 1 aliphatic heterocycles. The topological polar surface area (TPSA) is 48.4 Å². The van der Waals surface area contributed by atoms with E-state index in [1.807, 2.05) is 19.2 Å². The van der Waals surface area contributed by atoms with Crippen molar-refractivity contribution in [2.45, 2.75) is 38.7 Å². The van der Waals surface area contributed by atoms with Gasteiger partial charge in [-0.15, -0.1) is 0 Å². The van der Waals surface area contributed by atoms with Crippen molar-refractivity contribution in [2.75, 3.05) is 29.9 Å². The van der Waals surface area contributed by atoms with Gasteiger partial charge >= 0.3 is 0 Å². The maximum atomic E-state index is 9.96. The van der Waals surface area contributed by atoms with Crippen LogP contribution in [0, 0.1) is 0 Å². The van der Waals surface area contributed by atoms with Crippen LogP contribution in [0.3, 0.4) is 0 Å². The Morgan fingerprint density at radius 3 is 2.83 bits per heavy atom. The van der Waals surface area contributed by atoms with Crippen molar-refractivity contribution in [1.29, 1.82) is 0 Å². The second-order valence-electron chi connectivity index (χ2n) is 5.31. The molecule has 0 radical (unpaired) electrons. The summed E-state index contributed by atoms with van der Waals surface area (Å²) in [6.07, 6.45) is 4.60. The summed E-state index contributed by atoms with van der Waals surface area (Å²) in [7, 11) is 0. The number of anilines is 2. The molecular weight excluding hydrogens is 226 g/mol. The molecule has 0 spiro atoms. The minimum absolute atomic E-state index is 0.493. The minimum Gasteiger partial charge on any atom is -0.390 e. The molecule has 0 aliphatic carbocycles. The Balaban J connectivity index is 2.00. The molecule has 2 rings (SSSR count). The van der Waals surface area contributed by atoms with Gasteiger partial charge < -0.3 is 15.3 Å². The van der Waals surface area contributed by atoms with E-state index in [1.165, 1.54) is 5.69 Å². The van der Waals surface area contributed by atoms with Gasteiger partial charge in [-0.2, -0.15) is 0 Å². The largest absolute Gasteiger partial charge is 0.390 e. The summed E-state index contributed by atoms with van der Waals surface area (Å²) in [6.45, 7) is 6.83. The number of aromatic nitrogens is 1. The van der Waals surface area contributed by atoms with Crippen LogP contribution in [0.4, 0.5) is 11.5 Å². The Hall–Kier alpha value is -1.29. The third-order valence-electron chi connectivity index (χ3n) is 3.51. The van der Waals surface area contributed by atoms with Crippen LogP contribution in [0.5, 0.6) is 0 Å². The molecule has 1 fully saturated rings. The first-order valence-electron chi connectivity index (χ1n) is 6.78. The van der Waals surface area contributed by atoms with Gasteiger partial charge in [0, 0.05) is 37.6 Å². The molecule has 1 aromatic rings. The molecule has 0 saturated carbocycles. The monoisotopic (exact) mass is 249 g/mol. The van der Waals surface area contributed by atoms with Crippen LogP contribution in [0.1, 0.15) is 33.1 Å². The van der Waals surface area contributed by atoms with Crippen molar-refractivity contribution >= 4 is 11.5 Å². The number of pyridine rings is 1. The Morgan fingerprint density at radius 1 is 1.44 bits per heavy atom. The molecule has 0 unspecified atom stereocenters. The standard InChI is InChI=1S/C14H23N3O/c1-3-7-15-13-11-12(4-8-16-13)17-9-5-14(2,18)6-10-17/h4,8,11,18H,3,5-7,9-10H2,1-2H3,(H,15,16). The third-order valence-corrected chi connectivity index (χ3v) is 3.51. The fraction of sp³-hybridized carbons (Fsp3) is 0.643. The van der Waals surface area contributed by atoms with Gasteiger partial charge in [0.15, 0.2) is 0 Å². The second-order valence-corrected chi connectivity index (χ2v) is 5.31. The maximum Gasteiger partial charge on any atom is 0.127 e. The van der Waals surface area contributed by atoms with E-state index in [4.69, 9.17) is 0 Å². The number of rotatable bonds is 4. The first-order chi connectivity index (χ1) is 8.61. The SMILES string of the molecule is CCCNc1cc(N2CCC(C)(O)CC2)ccn1. The number of nitrogens with one attached hydrogen (secondary N) is 1. The quantitative estimate of drug-likeness (QED) is 0.859. The van der Waals surface area contributed by atoms with E-state index < -0.39 is 5.60 Å². The molecule has 1 saturated heterocycles. The van der Waals surface area contributed by atoms with Crippen molar-refractivity contribution in [3.8, 4) is 0 Å². The van der Waals surface area contributed by atoms with E-state index in [1.54, 1.807) is 0 Å². The number of aliphatic hydroxyl groups is 1. The zero-order valence-electron chi connectivity index (χ0n) is 11.3. The highest BCUT2D eigenvalue weighted by Crippen LogP contribution is 2.26. The Kier molecular flexibility index (Phi) is 4.07. The fourth-order valence-electron chi connectivity index (χ4n) is 2.21. The number of hydrogen-bond donors (Lipinski definition) is 2. The van der Waals surface area contributed by atoms with E-state index in [0.29, 0.717) is 0 Å². The average Bonchev–Trinajstić information content (AvgIpc) is 2.37. The lowest BCUT2D eigenvalue weighted by Crippen LogP contribution is -2.42. The summed E-state index contributed by atoms with van der Waals surface area (Å²) in [5.74, 6) is 0.937. The molecular formula is C14H23N3O. The van der Waals surface area contributed by atoms with E-state index in [-0.39, 0.29) is 0 Å². The molecule has 1 aromatic heterocycles. The minimum atomic E-state index is -0.493. The molecule has 100 valence electrons. The normalized spacial score (nSPS) is 18.7. The van der Waals surface area contributed by atoms with Gasteiger partial charge in [0.25, 0.3) is 0 Å². The second kappa shape index (κ2) is 5.57. The van der Waals surface area contributed by atoms with Gasteiger partial charge in [0.05, 0.1) is 5.60 Å². The summed E-state index contributed by atoms with van der Waals surface area (Å²) >= 11 is 0. The van der Waals surface area contributed by atoms with Crippen molar-refractivity contribution in [3.05, 3.63) is 18.3 Å². The predicted molar refractivity (Wildman–Crippen MR) is 75.1 cm³/mol. The fourth-order valence-corrected chi connectivity index (χ4v) is 2.21. The molecule has 4 nitrogen and oxygen atoms in total. The van der Waals surface area contributed by atoms with Crippen LogP contribution in [-0.2, 0) is 0 Å². The lowest BCUT2D eigenvalue weighted by molar-refractivity contribution is 0.0351. The van der Waals surface area contributed by atoms with Crippen molar-refractivity contribution in [2.24, 2.45) is 0 Å². The molecule has 2 N–H and O–H groups in total. The van der Waals surface area contributed by atoms with Crippen LogP contribution in [-0.4, -0.2) is 35.3 Å². The third kappa shape index (κ3) is 3.35. The predicted octanol–water partition coefficient (Wildman–Crippen LogP) is 2.25. The van der Waals surface area contributed by atoms with E-state index in [2.05, 4.69) is 28.2 Å². The van der Waals surface area contributed by atoms with Crippen LogP contribution in [0.2, 0.25) is 0 Å². The highest BCUT2D eigenvalue weighted by Gasteiger charge is 2.27. The molecule has 0 amide bonds. The van der Waals surface area contributed by atoms with Gasteiger partial charge in [-0.25, -0.2) is 4.98 Å². The molecule has 0 aromatic carbocycles. The van der Waals surface area contributed by atoms with Crippen LogP contribution >= 0.6 is 0 Å². The van der Waals surface area contributed by atoms with Crippen LogP contribution < -0.4 is 10.2 Å².